The Bertz CT molecular complexity index is 440. The molecule has 0 aliphatic carbocycles. The van der Waals surface area contributed by atoms with Crippen molar-refractivity contribution in [3.05, 3.63) is 24.3 Å². The van der Waals surface area contributed by atoms with Crippen molar-refractivity contribution in [3.63, 3.8) is 0 Å². The highest BCUT2D eigenvalue weighted by atomic mass is 16.5. The molecule has 18 heavy (non-hydrogen) atoms. The summed E-state index contributed by atoms with van der Waals surface area (Å²) in [5, 5.41) is 8.50. The fourth-order valence-electron chi connectivity index (χ4n) is 1.49. The molecule has 0 aliphatic heterocycles. The molecule has 0 bridgehead atoms. The minimum Gasteiger partial charge on any atom is -0.482 e. The van der Waals surface area contributed by atoms with Crippen molar-refractivity contribution in [3.8, 4) is 11.8 Å². The molecule has 1 aromatic carbocycles. The minimum atomic E-state index is -0.143. The summed E-state index contributed by atoms with van der Waals surface area (Å²) in [7, 11) is 0. The maximum Gasteiger partial charge on any atom is 0.260 e. The number of rotatable bonds is 6. The Kier molecular flexibility index (Phi) is 5.52. The molecule has 0 spiro atoms. The van der Waals surface area contributed by atoms with Gasteiger partial charge in [-0.1, -0.05) is 12.1 Å². The zero-order valence-corrected chi connectivity index (χ0v) is 10.4. The highest BCUT2D eigenvalue weighted by molar-refractivity contribution is 5.78. The van der Waals surface area contributed by atoms with Crippen LogP contribution in [0.4, 0.5) is 5.69 Å². The third-order valence-corrected chi connectivity index (χ3v) is 2.50. The Hall–Kier alpha value is -2.22. The average Bonchev–Trinajstić information content (AvgIpc) is 2.38. The third-order valence-electron chi connectivity index (χ3n) is 2.50. The first-order valence-electron chi connectivity index (χ1n) is 5.81. The molecule has 1 rings (SSSR count). The van der Waals surface area contributed by atoms with Gasteiger partial charge in [-0.05, 0) is 19.1 Å². The van der Waals surface area contributed by atoms with E-state index in [0.29, 0.717) is 30.9 Å². The molecule has 0 atom stereocenters. The predicted octanol–water partition coefficient (Wildman–Crippen LogP) is 1.41. The number of para-hydroxylation sites is 2. The molecule has 0 saturated carbocycles. The standard InChI is InChI=1S/C13H17N3O2/c1-2-16(9-5-8-14)13(17)10-18-12-7-4-3-6-11(12)15/h3-4,6-7H,2,5,9-10,15H2,1H3. The molecular weight excluding hydrogens is 230 g/mol. The van der Waals surface area contributed by atoms with E-state index in [9.17, 15) is 4.79 Å². The van der Waals surface area contributed by atoms with E-state index < -0.39 is 0 Å². The van der Waals surface area contributed by atoms with E-state index in [-0.39, 0.29) is 12.5 Å². The molecule has 1 amide bonds. The topological polar surface area (TPSA) is 79.3 Å². The van der Waals surface area contributed by atoms with E-state index in [1.54, 1.807) is 29.2 Å². The lowest BCUT2D eigenvalue weighted by Crippen LogP contribution is -2.35. The number of amides is 1. The first-order valence-corrected chi connectivity index (χ1v) is 5.81. The van der Waals surface area contributed by atoms with Crippen molar-refractivity contribution < 1.29 is 9.53 Å². The quantitative estimate of drug-likeness (QED) is 0.771. The number of nitrogens with zero attached hydrogens (tertiary/aromatic N) is 2. The lowest BCUT2D eigenvalue weighted by Gasteiger charge is -2.19. The van der Waals surface area contributed by atoms with E-state index >= 15 is 0 Å². The number of ether oxygens (including phenoxy) is 1. The number of likely N-dealkylation sites (N-methyl/N-ethyl adjacent to an activating group) is 1. The number of benzene rings is 1. The molecule has 0 aliphatic rings. The van der Waals surface area contributed by atoms with Gasteiger partial charge < -0.3 is 15.4 Å². The van der Waals surface area contributed by atoms with Gasteiger partial charge in [0.25, 0.3) is 5.91 Å². The normalized spacial score (nSPS) is 9.56. The number of nitrogens with two attached hydrogens (primary N) is 1. The molecule has 0 radical (unpaired) electrons. The number of hydrogen-bond donors (Lipinski definition) is 1. The molecule has 0 saturated heterocycles. The van der Waals surface area contributed by atoms with Gasteiger partial charge in [0.2, 0.25) is 0 Å². The first kappa shape index (κ1) is 13.8. The number of hydrogen-bond acceptors (Lipinski definition) is 4. The van der Waals surface area contributed by atoms with Crippen molar-refractivity contribution in [1.29, 1.82) is 5.26 Å². The number of nitrogen functional groups attached to an aromatic ring is 1. The van der Waals surface area contributed by atoms with Gasteiger partial charge in [0.15, 0.2) is 6.61 Å². The van der Waals surface area contributed by atoms with Crippen molar-refractivity contribution in [1.82, 2.24) is 4.90 Å². The van der Waals surface area contributed by atoms with E-state index in [1.165, 1.54) is 0 Å². The number of carbonyl (C=O) groups excluding carboxylic acids is 1. The van der Waals surface area contributed by atoms with E-state index in [4.69, 9.17) is 15.7 Å². The summed E-state index contributed by atoms with van der Waals surface area (Å²) >= 11 is 0. The zero-order valence-electron chi connectivity index (χ0n) is 10.4. The van der Waals surface area contributed by atoms with Crippen LogP contribution in [0, 0.1) is 11.3 Å². The van der Waals surface area contributed by atoms with Crippen molar-refractivity contribution in [2.45, 2.75) is 13.3 Å². The Balaban J connectivity index is 2.50. The van der Waals surface area contributed by atoms with Gasteiger partial charge in [-0.15, -0.1) is 0 Å². The maximum absolute atomic E-state index is 11.8. The summed E-state index contributed by atoms with van der Waals surface area (Å²) in [6, 6.07) is 9.04. The van der Waals surface area contributed by atoms with Crippen molar-refractivity contribution in [2.24, 2.45) is 0 Å². The molecule has 2 N–H and O–H groups in total. The van der Waals surface area contributed by atoms with Crippen LogP contribution >= 0.6 is 0 Å². The third kappa shape index (κ3) is 3.98. The van der Waals surface area contributed by atoms with Gasteiger partial charge in [0, 0.05) is 13.1 Å². The van der Waals surface area contributed by atoms with E-state index in [0.717, 1.165) is 0 Å². The van der Waals surface area contributed by atoms with Crippen LogP contribution in [0.1, 0.15) is 13.3 Å². The van der Waals surface area contributed by atoms with Crippen LogP contribution in [0.2, 0.25) is 0 Å². The molecule has 96 valence electrons. The SMILES string of the molecule is CCN(CCC#N)C(=O)COc1ccccc1N. The van der Waals surface area contributed by atoms with Crippen molar-refractivity contribution in [2.75, 3.05) is 25.4 Å². The van der Waals surface area contributed by atoms with Crippen LogP contribution in [0.15, 0.2) is 24.3 Å². The van der Waals surface area contributed by atoms with Crippen LogP contribution < -0.4 is 10.5 Å². The maximum atomic E-state index is 11.8. The summed E-state index contributed by atoms with van der Waals surface area (Å²) < 4.78 is 5.36. The average molecular weight is 247 g/mol. The molecular formula is C13H17N3O2. The highest BCUT2D eigenvalue weighted by Crippen LogP contribution is 2.19. The largest absolute Gasteiger partial charge is 0.482 e. The second-order valence-electron chi connectivity index (χ2n) is 3.71. The van der Waals surface area contributed by atoms with Crippen LogP contribution in [0.25, 0.3) is 0 Å². The van der Waals surface area contributed by atoms with Gasteiger partial charge in [-0.2, -0.15) is 5.26 Å². The summed E-state index contributed by atoms with van der Waals surface area (Å²) in [6.45, 7) is 2.80. The van der Waals surface area contributed by atoms with Gasteiger partial charge >= 0.3 is 0 Å². The minimum absolute atomic E-state index is 0.0620. The molecule has 0 unspecified atom stereocenters. The summed E-state index contributed by atoms with van der Waals surface area (Å²) in [5.74, 6) is 0.359. The summed E-state index contributed by atoms with van der Waals surface area (Å²) in [5.41, 5.74) is 6.21. The summed E-state index contributed by atoms with van der Waals surface area (Å²) in [6.07, 6.45) is 0.326. The van der Waals surface area contributed by atoms with Crippen molar-refractivity contribution >= 4 is 11.6 Å². The monoisotopic (exact) mass is 247 g/mol. The molecule has 0 heterocycles. The van der Waals surface area contributed by atoms with Gasteiger partial charge in [0.05, 0.1) is 18.2 Å². The van der Waals surface area contributed by atoms with Gasteiger partial charge in [-0.25, -0.2) is 0 Å². The van der Waals surface area contributed by atoms with Crippen LogP contribution in [0.5, 0.6) is 5.75 Å². The Morgan fingerprint density at radius 1 is 1.50 bits per heavy atom. The first-order chi connectivity index (χ1) is 8.69. The Morgan fingerprint density at radius 2 is 2.22 bits per heavy atom. The molecule has 5 heteroatoms. The van der Waals surface area contributed by atoms with Crippen LogP contribution in [-0.2, 0) is 4.79 Å². The fourth-order valence-corrected chi connectivity index (χ4v) is 1.49. The zero-order chi connectivity index (χ0) is 13.4. The van der Waals surface area contributed by atoms with Gasteiger partial charge in [0.1, 0.15) is 5.75 Å². The molecule has 5 nitrogen and oxygen atoms in total. The second kappa shape index (κ2) is 7.17. The van der Waals surface area contributed by atoms with E-state index in [1.807, 2.05) is 13.0 Å². The summed E-state index contributed by atoms with van der Waals surface area (Å²) in [4.78, 5) is 13.4. The van der Waals surface area contributed by atoms with E-state index in [2.05, 4.69) is 0 Å². The highest BCUT2D eigenvalue weighted by Gasteiger charge is 2.12. The fraction of sp³-hybridized carbons (Fsp3) is 0.385. The Morgan fingerprint density at radius 3 is 2.83 bits per heavy atom. The second-order valence-corrected chi connectivity index (χ2v) is 3.71. The lowest BCUT2D eigenvalue weighted by atomic mass is 10.3. The van der Waals surface area contributed by atoms with Crippen LogP contribution in [0.3, 0.4) is 0 Å². The lowest BCUT2D eigenvalue weighted by molar-refractivity contribution is -0.133. The smallest absolute Gasteiger partial charge is 0.260 e. The molecule has 1 aromatic rings. The number of anilines is 1. The van der Waals surface area contributed by atoms with Crippen LogP contribution in [-0.4, -0.2) is 30.5 Å². The molecule has 0 fully saturated rings. The number of carbonyl (C=O) groups is 1. The molecule has 0 aromatic heterocycles. The predicted molar refractivity (Wildman–Crippen MR) is 68.8 cm³/mol. The van der Waals surface area contributed by atoms with Gasteiger partial charge in [-0.3, -0.25) is 4.79 Å². The number of nitriles is 1. The Labute approximate surface area is 107 Å².